The topological polar surface area (TPSA) is 106 Å². The second kappa shape index (κ2) is 10.0. The van der Waals surface area contributed by atoms with E-state index in [9.17, 15) is 26.4 Å². The average Bonchev–Trinajstić information content (AvgIpc) is 3.31. The lowest BCUT2D eigenvalue weighted by Gasteiger charge is -2.17. The maximum atomic E-state index is 13.2. The molecule has 8 nitrogen and oxygen atoms in total. The summed E-state index contributed by atoms with van der Waals surface area (Å²) in [5, 5.41) is 2.53. The van der Waals surface area contributed by atoms with Crippen molar-refractivity contribution in [3.8, 4) is 22.3 Å². The van der Waals surface area contributed by atoms with Gasteiger partial charge in [-0.1, -0.05) is 36.7 Å². The van der Waals surface area contributed by atoms with Gasteiger partial charge < -0.3 is 14.3 Å². The maximum Gasteiger partial charge on any atom is 0.516 e. The summed E-state index contributed by atoms with van der Waals surface area (Å²) in [5.74, 6) is 0.0358. The number of nitrogens with one attached hydrogen (secondary N) is 2. The second-order valence-electron chi connectivity index (χ2n) is 7.83. The summed E-state index contributed by atoms with van der Waals surface area (Å²) in [5.41, 5.74) is -3.26. The Kier molecular flexibility index (Phi) is 7.32. The van der Waals surface area contributed by atoms with Crippen LogP contribution in [0.1, 0.15) is 28.8 Å². The van der Waals surface area contributed by atoms with Crippen LogP contribution in [0.4, 0.5) is 18.9 Å². The number of nitrogens with zero attached hydrogens (tertiary/aromatic N) is 2. The number of amides is 1. The first-order valence-electron chi connectivity index (χ1n) is 10.7. The van der Waals surface area contributed by atoms with E-state index in [4.69, 9.17) is 16.0 Å². The van der Waals surface area contributed by atoms with Crippen LogP contribution < -0.4 is 10.0 Å². The number of para-hydroxylation sites is 1. The van der Waals surface area contributed by atoms with Gasteiger partial charge in [0.2, 0.25) is 0 Å². The summed E-state index contributed by atoms with van der Waals surface area (Å²) in [7, 11) is -4.24. The summed E-state index contributed by atoms with van der Waals surface area (Å²) in [6.07, 6.45) is 3.32. The smallest absolute Gasteiger partial charge is 0.472 e. The van der Waals surface area contributed by atoms with E-state index < -0.39 is 21.4 Å². The minimum absolute atomic E-state index is 0.000940. The maximum absolute atomic E-state index is 13.2. The molecule has 2 aromatic rings. The van der Waals surface area contributed by atoms with E-state index in [0.717, 1.165) is 0 Å². The number of carbonyl (C=O) groups excluding carboxylic acids is 1. The Balaban J connectivity index is 1.98. The monoisotopic (exact) mass is 618 g/mol. The highest BCUT2D eigenvalue weighted by molar-refractivity contribution is 9.10. The Morgan fingerprint density at radius 3 is 2.54 bits per heavy atom. The number of benzene rings is 1. The van der Waals surface area contributed by atoms with Crippen LogP contribution in [-0.4, -0.2) is 36.4 Å². The van der Waals surface area contributed by atoms with Crippen molar-refractivity contribution in [2.24, 2.45) is 0 Å². The summed E-state index contributed by atoms with van der Waals surface area (Å²) >= 11 is 9.81. The predicted molar refractivity (Wildman–Crippen MR) is 136 cm³/mol. The zero-order valence-electron chi connectivity index (χ0n) is 19.3. The fourth-order valence-electron chi connectivity index (χ4n) is 4.04. The van der Waals surface area contributed by atoms with Gasteiger partial charge in [-0.15, -0.1) is 0 Å². The molecule has 1 aliphatic heterocycles. The molecule has 1 amide bonds. The predicted octanol–water partition coefficient (Wildman–Crippen LogP) is 5.90. The van der Waals surface area contributed by atoms with E-state index >= 15 is 0 Å². The van der Waals surface area contributed by atoms with Crippen LogP contribution in [0.25, 0.3) is 22.3 Å². The van der Waals surface area contributed by atoms with Crippen molar-refractivity contribution in [2.45, 2.75) is 25.4 Å². The lowest BCUT2D eigenvalue weighted by molar-refractivity contribution is -0.0429. The van der Waals surface area contributed by atoms with Crippen LogP contribution in [0, 0.1) is 0 Å². The van der Waals surface area contributed by atoms with Gasteiger partial charge in [0.25, 0.3) is 5.91 Å². The molecule has 2 aliphatic rings. The molecule has 1 aromatic heterocycles. The molecule has 0 fully saturated rings. The van der Waals surface area contributed by atoms with Crippen molar-refractivity contribution in [1.82, 2.24) is 14.9 Å². The molecule has 0 bridgehead atoms. The van der Waals surface area contributed by atoms with Crippen LogP contribution >= 0.6 is 27.5 Å². The highest BCUT2D eigenvalue weighted by Gasteiger charge is 2.46. The van der Waals surface area contributed by atoms with E-state index in [0.29, 0.717) is 39.0 Å². The third-order valence-corrected chi connectivity index (χ3v) is 7.88. The molecule has 0 saturated carbocycles. The van der Waals surface area contributed by atoms with Crippen molar-refractivity contribution >= 4 is 49.1 Å². The van der Waals surface area contributed by atoms with Gasteiger partial charge in [0, 0.05) is 34.6 Å². The number of imidazole rings is 1. The van der Waals surface area contributed by atoms with E-state index in [-0.39, 0.29) is 28.6 Å². The van der Waals surface area contributed by atoms with Gasteiger partial charge in [0.05, 0.1) is 24.8 Å². The first kappa shape index (κ1) is 27.0. The van der Waals surface area contributed by atoms with Crippen LogP contribution in [0.3, 0.4) is 0 Å². The second-order valence-corrected chi connectivity index (χ2v) is 10.7. The number of alkyl halides is 3. The summed E-state index contributed by atoms with van der Waals surface area (Å²) < 4.78 is 72.5. The molecule has 1 aromatic carbocycles. The minimum Gasteiger partial charge on any atom is -0.472 e. The van der Waals surface area contributed by atoms with E-state index in [2.05, 4.69) is 26.2 Å². The van der Waals surface area contributed by atoms with Crippen molar-refractivity contribution in [3.05, 3.63) is 69.6 Å². The summed E-state index contributed by atoms with van der Waals surface area (Å²) in [6, 6.07) is 7.39. The molecule has 0 radical (unpaired) electrons. The highest BCUT2D eigenvalue weighted by atomic mass is 79.9. The number of carbonyl (C=O) groups is 1. The highest BCUT2D eigenvalue weighted by Crippen LogP contribution is 2.48. The molecule has 0 saturated heterocycles. The van der Waals surface area contributed by atoms with E-state index in [1.807, 2.05) is 6.92 Å². The molecule has 37 heavy (non-hydrogen) atoms. The standard InChI is InChI=1S/C23H19BrClF3N4O4S/c1-3-17-30-21(25)20(22(33)29-2)32(17)10-14-12-8-9-36-11-15(12)19(24)18(14)13-6-4-5-7-16(13)31-37(34,35)23(26,27)28/h4-9,11,31H,3,10H2,1-2H3,(H,29,33). The third-order valence-electron chi connectivity index (χ3n) is 5.70. The van der Waals surface area contributed by atoms with Crippen LogP contribution in [0.2, 0.25) is 5.15 Å². The summed E-state index contributed by atoms with van der Waals surface area (Å²) in [6.45, 7) is 1.89. The number of anilines is 1. The van der Waals surface area contributed by atoms with Crippen molar-refractivity contribution in [2.75, 3.05) is 11.8 Å². The minimum atomic E-state index is -5.69. The Hall–Kier alpha value is -3.03. The number of aromatic nitrogens is 2. The fourth-order valence-corrected chi connectivity index (χ4v) is 5.67. The quantitative estimate of drug-likeness (QED) is 0.268. The molecule has 0 unspecified atom stereocenters. The zero-order valence-corrected chi connectivity index (χ0v) is 22.4. The lowest BCUT2D eigenvalue weighted by Crippen LogP contribution is -2.30. The number of aryl methyl sites for hydroxylation is 1. The molecule has 2 N–H and O–H groups in total. The van der Waals surface area contributed by atoms with Gasteiger partial charge in [0.15, 0.2) is 5.15 Å². The largest absolute Gasteiger partial charge is 0.516 e. The number of hydrogen-bond donors (Lipinski definition) is 2. The van der Waals surface area contributed by atoms with Gasteiger partial charge in [-0.05, 0) is 39.2 Å². The number of hydrogen-bond acceptors (Lipinski definition) is 5. The van der Waals surface area contributed by atoms with Crippen LogP contribution in [0.15, 0.2) is 51.7 Å². The molecule has 196 valence electrons. The third kappa shape index (κ3) is 4.82. The molecule has 1 aliphatic carbocycles. The van der Waals surface area contributed by atoms with Crippen LogP contribution in [0.5, 0.6) is 0 Å². The summed E-state index contributed by atoms with van der Waals surface area (Å²) in [4.78, 5) is 16.9. The molecule has 14 heteroatoms. The zero-order chi connectivity index (χ0) is 27.1. The van der Waals surface area contributed by atoms with Crippen molar-refractivity contribution in [1.29, 1.82) is 0 Å². The number of sulfonamides is 1. The Morgan fingerprint density at radius 2 is 1.89 bits per heavy atom. The molecule has 2 heterocycles. The van der Waals surface area contributed by atoms with Crippen molar-refractivity contribution < 1.29 is 30.8 Å². The van der Waals surface area contributed by atoms with Crippen LogP contribution in [-0.2, 0) is 23.0 Å². The molecule has 4 rings (SSSR count). The normalized spacial score (nSPS) is 12.2. The van der Waals surface area contributed by atoms with Gasteiger partial charge >= 0.3 is 15.5 Å². The first-order chi connectivity index (χ1) is 17.4. The van der Waals surface area contributed by atoms with E-state index in [1.54, 1.807) is 21.4 Å². The molecule has 0 spiro atoms. The molecule has 0 atom stereocenters. The fraction of sp³-hybridized carbons (Fsp3) is 0.217. The molecular formula is C23H19BrClF3N4O4S. The van der Waals surface area contributed by atoms with Gasteiger partial charge in [0.1, 0.15) is 11.5 Å². The molecular weight excluding hydrogens is 601 g/mol. The Morgan fingerprint density at radius 1 is 1.19 bits per heavy atom. The van der Waals surface area contributed by atoms with Gasteiger partial charge in [-0.2, -0.15) is 21.6 Å². The first-order valence-corrected chi connectivity index (χ1v) is 13.4. The van der Waals surface area contributed by atoms with Crippen molar-refractivity contribution in [3.63, 3.8) is 0 Å². The lowest BCUT2D eigenvalue weighted by atomic mass is 10.0. The van der Waals surface area contributed by atoms with Gasteiger partial charge in [-0.25, -0.2) is 4.98 Å². The Labute approximate surface area is 223 Å². The number of halogens is 5. The van der Waals surface area contributed by atoms with Gasteiger partial charge in [-0.3, -0.25) is 9.52 Å². The SMILES string of the molecule is CCc1nc(Cl)c(C(=O)NC)n1Cc1c2ccocc-2c(Br)c1-c1ccccc1NS(=O)(=O)C(F)(F)F. The average molecular weight is 620 g/mol. The Bertz CT molecular complexity index is 1570. The van der Waals surface area contributed by atoms with E-state index in [1.165, 1.54) is 37.8 Å². The number of rotatable bonds is 7. The number of fused-ring (bicyclic) bond motifs is 1.